The molecule has 0 radical (unpaired) electrons. The normalized spacial score (nSPS) is 16.8. The van der Waals surface area contributed by atoms with E-state index in [0.717, 1.165) is 4.90 Å². The maximum atomic E-state index is 13.3. The van der Waals surface area contributed by atoms with Gasteiger partial charge in [0.25, 0.3) is 5.91 Å². The summed E-state index contributed by atoms with van der Waals surface area (Å²) < 4.78 is 13.3. The van der Waals surface area contributed by atoms with E-state index in [9.17, 15) is 18.8 Å². The van der Waals surface area contributed by atoms with Crippen molar-refractivity contribution in [2.24, 2.45) is 5.41 Å². The van der Waals surface area contributed by atoms with Crippen molar-refractivity contribution >= 4 is 35.0 Å². The van der Waals surface area contributed by atoms with Crippen LogP contribution in [0.2, 0.25) is 5.02 Å². The fraction of sp³-hybridized carbons (Fsp3) is 0.348. The molecule has 1 atom stereocenters. The van der Waals surface area contributed by atoms with Crippen molar-refractivity contribution in [1.82, 2.24) is 4.90 Å². The first-order valence-electron chi connectivity index (χ1n) is 9.71. The van der Waals surface area contributed by atoms with Gasteiger partial charge in [-0.3, -0.25) is 14.4 Å². The summed E-state index contributed by atoms with van der Waals surface area (Å²) in [5, 5.41) is 0.493. The summed E-state index contributed by atoms with van der Waals surface area (Å²) in [5.41, 5.74) is 0.811. The molecule has 30 heavy (non-hydrogen) atoms. The van der Waals surface area contributed by atoms with E-state index < -0.39 is 11.9 Å². The number of nitrogens with zero attached hydrogens (tertiary/aromatic N) is 2. The zero-order chi connectivity index (χ0) is 22.1. The van der Waals surface area contributed by atoms with E-state index in [1.807, 2.05) is 20.8 Å². The largest absolute Gasteiger partial charge is 0.326 e. The van der Waals surface area contributed by atoms with E-state index in [-0.39, 0.29) is 42.4 Å². The van der Waals surface area contributed by atoms with E-state index in [4.69, 9.17) is 11.6 Å². The predicted octanol–water partition coefficient (Wildman–Crippen LogP) is 4.58. The number of carbonyl (C=O) groups is 3. The average Bonchev–Trinajstić information content (AvgIpc) is 2.94. The minimum absolute atomic E-state index is 0.0987. The summed E-state index contributed by atoms with van der Waals surface area (Å²) in [6.45, 7) is 5.92. The van der Waals surface area contributed by atoms with Crippen LogP contribution >= 0.6 is 11.6 Å². The van der Waals surface area contributed by atoms with E-state index in [2.05, 4.69) is 0 Å². The van der Waals surface area contributed by atoms with Crippen LogP contribution in [0.5, 0.6) is 0 Å². The molecule has 3 rings (SSSR count). The molecule has 0 aliphatic carbocycles. The summed E-state index contributed by atoms with van der Waals surface area (Å²) >= 11 is 5.91. The molecule has 3 amide bonds. The predicted molar refractivity (Wildman–Crippen MR) is 113 cm³/mol. The van der Waals surface area contributed by atoms with Gasteiger partial charge in [0.05, 0.1) is 12.1 Å². The topological polar surface area (TPSA) is 57.7 Å². The molecule has 0 saturated carbocycles. The number of rotatable bonds is 5. The third kappa shape index (κ3) is 5.05. The molecule has 5 nitrogen and oxygen atoms in total. The highest BCUT2D eigenvalue weighted by molar-refractivity contribution is 6.30. The third-order valence-electron chi connectivity index (χ3n) is 4.85. The Morgan fingerprint density at radius 2 is 1.70 bits per heavy atom. The van der Waals surface area contributed by atoms with Crippen molar-refractivity contribution in [1.29, 1.82) is 0 Å². The lowest BCUT2D eigenvalue weighted by molar-refractivity contribution is -0.140. The van der Waals surface area contributed by atoms with E-state index in [1.54, 1.807) is 36.4 Å². The summed E-state index contributed by atoms with van der Waals surface area (Å²) in [5.74, 6) is -1.44. The van der Waals surface area contributed by atoms with Crippen LogP contribution in [-0.4, -0.2) is 28.7 Å². The van der Waals surface area contributed by atoms with Gasteiger partial charge in [0.2, 0.25) is 11.8 Å². The molecule has 0 spiro atoms. The van der Waals surface area contributed by atoms with Gasteiger partial charge in [-0.15, -0.1) is 0 Å². The van der Waals surface area contributed by atoms with Gasteiger partial charge in [-0.2, -0.15) is 0 Å². The van der Waals surface area contributed by atoms with Crippen LogP contribution in [0.15, 0.2) is 48.5 Å². The SMILES string of the molecule is CC(C)(C)CC(=O)N(Cc1ccc(F)cc1)C1CC(=O)N(c2ccc(Cl)cc2)C1=O. The van der Waals surface area contributed by atoms with Crippen LogP contribution in [0.3, 0.4) is 0 Å². The molecule has 2 aromatic rings. The number of hydrogen-bond donors (Lipinski definition) is 0. The van der Waals surface area contributed by atoms with Gasteiger partial charge in [0.1, 0.15) is 11.9 Å². The standard InChI is InChI=1S/C23H24ClFN2O3/c1-23(2,3)13-21(29)26(14-15-4-8-17(25)9-5-15)19-12-20(28)27(22(19)30)18-10-6-16(24)7-11-18/h4-11,19H,12-14H2,1-3H3. The Morgan fingerprint density at radius 1 is 1.10 bits per heavy atom. The van der Waals surface area contributed by atoms with Crippen LogP contribution in [-0.2, 0) is 20.9 Å². The number of halogens is 2. The van der Waals surface area contributed by atoms with Crippen LogP contribution in [0, 0.1) is 11.2 Å². The molecule has 1 fully saturated rings. The molecule has 1 unspecified atom stereocenters. The van der Waals surface area contributed by atoms with Crippen molar-refractivity contribution in [3.63, 3.8) is 0 Å². The van der Waals surface area contributed by atoms with Gasteiger partial charge in [0.15, 0.2) is 0 Å². The van der Waals surface area contributed by atoms with Crippen molar-refractivity contribution in [3.05, 3.63) is 64.9 Å². The van der Waals surface area contributed by atoms with Gasteiger partial charge in [0, 0.05) is 18.0 Å². The Labute approximate surface area is 180 Å². The monoisotopic (exact) mass is 430 g/mol. The van der Waals surface area contributed by atoms with Crippen LogP contribution in [0.25, 0.3) is 0 Å². The Balaban J connectivity index is 1.90. The number of anilines is 1. The van der Waals surface area contributed by atoms with Crippen LogP contribution in [0.1, 0.15) is 39.2 Å². The lowest BCUT2D eigenvalue weighted by Crippen LogP contribution is -2.46. The first-order valence-corrected chi connectivity index (χ1v) is 10.1. The summed E-state index contributed by atoms with van der Waals surface area (Å²) in [6.07, 6.45) is 0.117. The third-order valence-corrected chi connectivity index (χ3v) is 5.10. The van der Waals surface area contributed by atoms with Gasteiger partial charge in [-0.25, -0.2) is 9.29 Å². The van der Waals surface area contributed by atoms with Gasteiger partial charge < -0.3 is 4.90 Å². The molecule has 0 bridgehead atoms. The lowest BCUT2D eigenvalue weighted by atomic mass is 9.91. The molecule has 1 heterocycles. The van der Waals surface area contributed by atoms with Crippen LogP contribution in [0.4, 0.5) is 10.1 Å². The number of imide groups is 1. The summed E-state index contributed by atoms with van der Waals surface area (Å²) in [4.78, 5) is 41.5. The zero-order valence-electron chi connectivity index (χ0n) is 17.2. The highest BCUT2D eigenvalue weighted by Crippen LogP contribution is 2.30. The fourth-order valence-corrected chi connectivity index (χ4v) is 3.56. The Bertz CT molecular complexity index is 952. The Hall–Kier alpha value is -2.73. The molecule has 0 N–H and O–H groups in total. The van der Waals surface area contributed by atoms with Gasteiger partial charge in [-0.05, 0) is 47.4 Å². The maximum absolute atomic E-state index is 13.3. The first-order chi connectivity index (χ1) is 14.0. The Kier molecular flexibility index (Phi) is 6.27. The molecule has 0 aromatic heterocycles. The second-order valence-corrected chi connectivity index (χ2v) is 9.09. The number of amides is 3. The van der Waals surface area contributed by atoms with Crippen molar-refractivity contribution in [2.75, 3.05) is 4.90 Å². The van der Waals surface area contributed by atoms with E-state index >= 15 is 0 Å². The highest BCUT2D eigenvalue weighted by atomic mass is 35.5. The molecule has 1 aliphatic heterocycles. The second-order valence-electron chi connectivity index (χ2n) is 8.65. The second kappa shape index (κ2) is 8.56. The first kappa shape index (κ1) is 22.0. The summed E-state index contributed by atoms with van der Waals surface area (Å²) in [7, 11) is 0. The minimum atomic E-state index is -0.909. The van der Waals surface area contributed by atoms with Gasteiger partial charge >= 0.3 is 0 Å². The van der Waals surface area contributed by atoms with E-state index in [1.165, 1.54) is 17.0 Å². The molecule has 7 heteroatoms. The number of benzene rings is 2. The Morgan fingerprint density at radius 3 is 2.27 bits per heavy atom. The number of carbonyl (C=O) groups excluding carboxylic acids is 3. The van der Waals surface area contributed by atoms with Crippen molar-refractivity contribution in [2.45, 2.75) is 46.2 Å². The van der Waals surface area contributed by atoms with Crippen molar-refractivity contribution < 1.29 is 18.8 Å². The summed E-state index contributed by atoms with van der Waals surface area (Å²) in [6, 6.07) is 11.3. The molecular formula is C23H24ClFN2O3. The zero-order valence-corrected chi connectivity index (χ0v) is 17.9. The van der Waals surface area contributed by atoms with Crippen molar-refractivity contribution in [3.8, 4) is 0 Å². The smallest absolute Gasteiger partial charge is 0.257 e. The minimum Gasteiger partial charge on any atom is -0.326 e. The van der Waals surface area contributed by atoms with Gasteiger partial charge in [-0.1, -0.05) is 44.5 Å². The molecule has 158 valence electrons. The quantitative estimate of drug-likeness (QED) is 0.652. The molecule has 1 saturated heterocycles. The highest BCUT2D eigenvalue weighted by Gasteiger charge is 2.44. The maximum Gasteiger partial charge on any atom is 0.257 e. The lowest BCUT2D eigenvalue weighted by Gasteiger charge is -2.30. The molecule has 2 aromatic carbocycles. The fourth-order valence-electron chi connectivity index (χ4n) is 3.43. The van der Waals surface area contributed by atoms with Crippen LogP contribution < -0.4 is 4.90 Å². The van der Waals surface area contributed by atoms with E-state index in [0.29, 0.717) is 16.3 Å². The molecular weight excluding hydrogens is 407 g/mol. The number of hydrogen-bond acceptors (Lipinski definition) is 3. The average molecular weight is 431 g/mol. The molecule has 1 aliphatic rings.